The highest BCUT2D eigenvalue weighted by atomic mass is 35.5. The molecular weight excluding hydrogens is 460 g/mol. The minimum Gasteiger partial charge on any atom is -0.350 e. The predicted octanol–water partition coefficient (Wildman–Crippen LogP) is 5.47. The van der Waals surface area contributed by atoms with Crippen LogP contribution in [0.4, 0.5) is 26.6 Å². The zero-order chi connectivity index (χ0) is 23.8. The molecule has 1 heterocycles. The Morgan fingerprint density at radius 3 is 1.74 bits per heavy atom. The third-order valence-corrected chi connectivity index (χ3v) is 4.98. The standard InChI is InChI=1S/C24H20ClF2N7/c25-21-4-2-1-3-18(21)15-30-34-24-32-22(28-13-16-5-9-19(26)10-6-16)31-23(33-24)29-14-17-7-11-20(27)12-8-17/h1-12,15H,13-14H2,(H3,28,29,31,32,33,34)/b30-15+. The lowest BCUT2D eigenvalue weighted by Crippen LogP contribution is -2.11. The van der Waals surface area contributed by atoms with Gasteiger partial charge in [0.1, 0.15) is 11.6 Å². The van der Waals surface area contributed by atoms with E-state index in [0.29, 0.717) is 18.1 Å². The molecule has 34 heavy (non-hydrogen) atoms. The molecule has 1 aromatic heterocycles. The summed E-state index contributed by atoms with van der Waals surface area (Å²) in [6, 6.07) is 19.5. The molecule has 3 aromatic carbocycles. The molecule has 4 rings (SSSR count). The molecule has 0 unspecified atom stereocenters. The monoisotopic (exact) mass is 479 g/mol. The van der Waals surface area contributed by atoms with E-state index < -0.39 is 0 Å². The molecule has 0 fully saturated rings. The predicted molar refractivity (Wildman–Crippen MR) is 130 cm³/mol. The topological polar surface area (TPSA) is 87.1 Å². The number of hydrazone groups is 1. The van der Waals surface area contributed by atoms with E-state index >= 15 is 0 Å². The van der Waals surface area contributed by atoms with Gasteiger partial charge in [0.05, 0.1) is 6.21 Å². The number of hydrogen-bond donors (Lipinski definition) is 3. The molecule has 0 bridgehead atoms. The summed E-state index contributed by atoms with van der Waals surface area (Å²) in [6.45, 7) is 0.758. The minimum absolute atomic E-state index is 0.196. The van der Waals surface area contributed by atoms with Gasteiger partial charge in [-0.25, -0.2) is 14.2 Å². The van der Waals surface area contributed by atoms with Crippen LogP contribution >= 0.6 is 11.6 Å². The summed E-state index contributed by atoms with van der Waals surface area (Å²) in [5.74, 6) is 0.160. The third kappa shape index (κ3) is 6.69. The van der Waals surface area contributed by atoms with Crippen molar-refractivity contribution in [3.05, 3.63) is 106 Å². The van der Waals surface area contributed by atoms with Gasteiger partial charge in [-0.3, -0.25) is 0 Å². The summed E-state index contributed by atoms with van der Waals surface area (Å²) >= 11 is 6.15. The fourth-order valence-corrected chi connectivity index (χ4v) is 3.07. The minimum atomic E-state index is -0.306. The summed E-state index contributed by atoms with van der Waals surface area (Å²) in [6.07, 6.45) is 1.56. The fraction of sp³-hybridized carbons (Fsp3) is 0.0833. The van der Waals surface area contributed by atoms with Gasteiger partial charge in [0, 0.05) is 23.7 Å². The molecule has 0 atom stereocenters. The van der Waals surface area contributed by atoms with Gasteiger partial charge in [-0.15, -0.1) is 0 Å². The van der Waals surface area contributed by atoms with Crippen LogP contribution in [0.5, 0.6) is 0 Å². The average Bonchev–Trinajstić information content (AvgIpc) is 2.84. The van der Waals surface area contributed by atoms with Crippen LogP contribution in [0.1, 0.15) is 16.7 Å². The largest absolute Gasteiger partial charge is 0.350 e. The summed E-state index contributed by atoms with van der Waals surface area (Å²) < 4.78 is 26.3. The maximum Gasteiger partial charge on any atom is 0.250 e. The van der Waals surface area contributed by atoms with Crippen LogP contribution in [-0.2, 0) is 13.1 Å². The highest BCUT2D eigenvalue weighted by Gasteiger charge is 2.07. The first-order valence-corrected chi connectivity index (χ1v) is 10.7. The highest BCUT2D eigenvalue weighted by molar-refractivity contribution is 6.33. The first-order chi connectivity index (χ1) is 16.5. The summed E-state index contributed by atoms with van der Waals surface area (Å²) in [7, 11) is 0. The molecule has 0 spiro atoms. The van der Waals surface area contributed by atoms with Gasteiger partial charge in [0.15, 0.2) is 0 Å². The van der Waals surface area contributed by atoms with Crippen molar-refractivity contribution < 1.29 is 8.78 Å². The Morgan fingerprint density at radius 2 is 1.21 bits per heavy atom. The van der Waals surface area contributed by atoms with Crippen LogP contribution in [0.2, 0.25) is 5.02 Å². The van der Waals surface area contributed by atoms with Crippen LogP contribution in [-0.4, -0.2) is 21.2 Å². The van der Waals surface area contributed by atoms with Crippen molar-refractivity contribution in [1.82, 2.24) is 15.0 Å². The van der Waals surface area contributed by atoms with E-state index in [-0.39, 0.29) is 29.5 Å². The highest BCUT2D eigenvalue weighted by Crippen LogP contribution is 2.15. The zero-order valence-corrected chi connectivity index (χ0v) is 18.6. The van der Waals surface area contributed by atoms with E-state index in [9.17, 15) is 8.78 Å². The maximum atomic E-state index is 13.2. The Bertz CT molecular complexity index is 1200. The van der Waals surface area contributed by atoms with Crippen LogP contribution in [0.15, 0.2) is 77.9 Å². The Kier molecular flexibility index (Phi) is 7.56. The van der Waals surface area contributed by atoms with Gasteiger partial charge in [0.25, 0.3) is 0 Å². The van der Waals surface area contributed by atoms with Gasteiger partial charge in [-0.1, -0.05) is 54.1 Å². The number of halogens is 3. The Morgan fingerprint density at radius 1 is 0.706 bits per heavy atom. The number of nitrogens with one attached hydrogen (secondary N) is 3. The van der Waals surface area contributed by atoms with Crippen molar-refractivity contribution in [1.29, 1.82) is 0 Å². The third-order valence-electron chi connectivity index (χ3n) is 4.64. The van der Waals surface area contributed by atoms with Crippen molar-refractivity contribution in [2.45, 2.75) is 13.1 Å². The van der Waals surface area contributed by atoms with Crippen LogP contribution in [0, 0.1) is 11.6 Å². The van der Waals surface area contributed by atoms with Crippen molar-refractivity contribution in [3.63, 3.8) is 0 Å². The molecule has 3 N–H and O–H groups in total. The summed E-state index contributed by atoms with van der Waals surface area (Å²) in [4.78, 5) is 13.0. The second-order valence-electron chi connectivity index (χ2n) is 7.16. The molecule has 0 aliphatic rings. The maximum absolute atomic E-state index is 13.2. The zero-order valence-electron chi connectivity index (χ0n) is 17.8. The molecule has 4 aromatic rings. The second kappa shape index (κ2) is 11.2. The molecule has 10 heteroatoms. The van der Waals surface area contributed by atoms with Gasteiger partial charge in [0.2, 0.25) is 17.8 Å². The number of anilines is 3. The van der Waals surface area contributed by atoms with E-state index in [1.165, 1.54) is 24.3 Å². The van der Waals surface area contributed by atoms with Gasteiger partial charge >= 0.3 is 0 Å². The van der Waals surface area contributed by atoms with E-state index in [1.807, 2.05) is 18.2 Å². The molecule has 172 valence electrons. The lowest BCUT2D eigenvalue weighted by atomic mass is 10.2. The SMILES string of the molecule is Fc1ccc(CNc2nc(NCc3ccc(F)cc3)nc(N/N=C/c3ccccc3Cl)n2)cc1. The van der Waals surface area contributed by atoms with Crippen molar-refractivity contribution in [2.75, 3.05) is 16.1 Å². The number of nitrogens with zero attached hydrogens (tertiary/aromatic N) is 4. The lowest BCUT2D eigenvalue weighted by molar-refractivity contribution is 0.626. The normalized spacial score (nSPS) is 10.9. The van der Waals surface area contributed by atoms with E-state index in [4.69, 9.17) is 11.6 Å². The van der Waals surface area contributed by atoms with Crippen LogP contribution < -0.4 is 16.1 Å². The quantitative estimate of drug-likeness (QED) is 0.218. The second-order valence-corrected chi connectivity index (χ2v) is 7.56. The van der Waals surface area contributed by atoms with E-state index in [0.717, 1.165) is 16.7 Å². The number of hydrogen-bond acceptors (Lipinski definition) is 7. The van der Waals surface area contributed by atoms with Gasteiger partial charge < -0.3 is 10.6 Å². The molecule has 0 saturated carbocycles. The number of aromatic nitrogens is 3. The smallest absolute Gasteiger partial charge is 0.250 e. The lowest BCUT2D eigenvalue weighted by Gasteiger charge is -2.10. The van der Waals surface area contributed by atoms with Crippen molar-refractivity contribution in [2.24, 2.45) is 5.10 Å². The number of rotatable bonds is 9. The molecular formula is C24H20ClF2N7. The molecule has 0 aliphatic carbocycles. The van der Waals surface area contributed by atoms with Crippen molar-refractivity contribution in [3.8, 4) is 0 Å². The van der Waals surface area contributed by atoms with Crippen LogP contribution in [0.25, 0.3) is 0 Å². The Balaban J connectivity index is 1.50. The van der Waals surface area contributed by atoms with Crippen molar-refractivity contribution >= 4 is 35.7 Å². The summed E-state index contributed by atoms with van der Waals surface area (Å²) in [5, 5.41) is 10.9. The summed E-state index contributed by atoms with van der Waals surface area (Å²) in [5.41, 5.74) is 5.22. The van der Waals surface area contributed by atoms with Crippen LogP contribution in [0.3, 0.4) is 0 Å². The first-order valence-electron chi connectivity index (χ1n) is 10.3. The molecule has 7 nitrogen and oxygen atoms in total. The molecule has 0 amide bonds. The molecule has 0 radical (unpaired) electrons. The van der Waals surface area contributed by atoms with E-state index in [2.05, 4.69) is 36.1 Å². The van der Waals surface area contributed by atoms with Gasteiger partial charge in [-0.05, 0) is 41.5 Å². The molecule has 0 saturated heterocycles. The Hall–Kier alpha value is -4.11. The van der Waals surface area contributed by atoms with E-state index in [1.54, 1.807) is 36.5 Å². The average molecular weight is 480 g/mol. The number of benzene rings is 3. The Labute approximate surface area is 200 Å². The fourth-order valence-electron chi connectivity index (χ4n) is 2.89. The first kappa shape index (κ1) is 23.1. The van der Waals surface area contributed by atoms with Gasteiger partial charge in [-0.2, -0.15) is 20.1 Å². The molecule has 0 aliphatic heterocycles.